The van der Waals surface area contributed by atoms with E-state index in [1.807, 2.05) is 20.8 Å². The van der Waals surface area contributed by atoms with Gasteiger partial charge in [0.1, 0.15) is 5.60 Å². The fraction of sp³-hybridized carbons (Fsp3) is 0.500. The molecule has 1 saturated heterocycles. The topological polar surface area (TPSA) is 66.6 Å². The summed E-state index contributed by atoms with van der Waals surface area (Å²) in [5.74, 6) is 0.131. The molecule has 1 aliphatic rings. The Morgan fingerprint density at radius 1 is 1.44 bits per heavy atom. The van der Waals surface area contributed by atoms with Crippen LogP contribution in [-0.2, 0) is 0 Å². The van der Waals surface area contributed by atoms with Crippen LogP contribution in [0.1, 0.15) is 29.8 Å². The Morgan fingerprint density at radius 3 is 2.56 bits per heavy atom. The summed E-state index contributed by atoms with van der Waals surface area (Å²) in [4.78, 5) is 13.9. The Kier molecular flexibility index (Phi) is 3.07. The second kappa shape index (κ2) is 4.28. The van der Waals surface area contributed by atoms with Crippen molar-refractivity contribution in [2.75, 3.05) is 18.8 Å². The minimum atomic E-state index is -0.725. The minimum absolute atomic E-state index is 0.0298. The van der Waals surface area contributed by atoms with Crippen molar-refractivity contribution < 1.29 is 9.90 Å². The molecule has 98 valence electrons. The molecule has 0 bridgehead atoms. The lowest BCUT2D eigenvalue weighted by Crippen LogP contribution is -2.66. The van der Waals surface area contributed by atoms with Gasteiger partial charge in [-0.3, -0.25) is 4.79 Å². The van der Waals surface area contributed by atoms with Gasteiger partial charge in [-0.05, 0) is 36.6 Å². The second-order valence-corrected chi connectivity index (χ2v) is 5.49. The first-order valence-corrected chi connectivity index (χ1v) is 6.21. The van der Waals surface area contributed by atoms with Gasteiger partial charge in [0, 0.05) is 11.3 Å². The molecule has 0 atom stereocenters. The van der Waals surface area contributed by atoms with Crippen molar-refractivity contribution in [3.8, 4) is 0 Å². The minimum Gasteiger partial charge on any atom is -0.399 e. The highest BCUT2D eigenvalue weighted by Gasteiger charge is 2.46. The van der Waals surface area contributed by atoms with Crippen LogP contribution >= 0.6 is 0 Å². The largest absolute Gasteiger partial charge is 0.399 e. The maximum absolute atomic E-state index is 12.2. The van der Waals surface area contributed by atoms with Crippen molar-refractivity contribution in [1.29, 1.82) is 0 Å². The molecule has 1 heterocycles. The van der Waals surface area contributed by atoms with Crippen LogP contribution in [0.5, 0.6) is 0 Å². The molecule has 18 heavy (non-hydrogen) atoms. The molecule has 3 N–H and O–H groups in total. The van der Waals surface area contributed by atoms with E-state index in [0.717, 1.165) is 5.56 Å². The van der Waals surface area contributed by atoms with E-state index in [9.17, 15) is 9.90 Å². The standard InChI is InChI=1S/C14H20N2O2/c1-9(2)14(18)7-16(8-14)13(17)12-5-4-11(15)6-10(12)3/h4-6,9,18H,7-8,15H2,1-3H3. The lowest BCUT2D eigenvalue weighted by molar-refractivity contribution is -0.110. The molecule has 0 saturated carbocycles. The van der Waals surface area contributed by atoms with Gasteiger partial charge in [-0.2, -0.15) is 0 Å². The summed E-state index contributed by atoms with van der Waals surface area (Å²) in [5, 5.41) is 10.2. The maximum Gasteiger partial charge on any atom is 0.254 e. The van der Waals surface area contributed by atoms with E-state index < -0.39 is 5.60 Å². The summed E-state index contributed by atoms with van der Waals surface area (Å²) in [7, 11) is 0. The number of nitrogens with zero attached hydrogens (tertiary/aromatic N) is 1. The fourth-order valence-electron chi connectivity index (χ4n) is 2.22. The molecule has 4 heteroatoms. The molecule has 1 aromatic carbocycles. The zero-order chi connectivity index (χ0) is 13.5. The van der Waals surface area contributed by atoms with Crippen LogP contribution in [-0.4, -0.2) is 34.6 Å². The number of nitrogen functional groups attached to an aromatic ring is 1. The van der Waals surface area contributed by atoms with Gasteiger partial charge in [-0.1, -0.05) is 13.8 Å². The highest BCUT2D eigenvalue weighted by Crippen LogP contribution is 2.30. The van der Waals surface area contributed by atoms with Crippen molar-refractivity contribution in [2.45, 2.75) is 26.4 Å². The van der Waals surface area contributed by atoms with Crippen molar-refractivity contribution in [2.24, 2.45) is 5.92 Å². The molecular formula is C14H20N2O2. The Bertz CT molecular complexity index is 477. The van der Waals surface area contributed by atoms with Gasteiger partial charge in [-0.25, -0.2) is 0 Å². The lowest BCUT2D eigenvalue weighted by atomic mass is 9.82. The maximum atomic E-state index is 12.2. The number of nitrogens with two attached hydrogens (primary N) is 1. The van der Waals surface area contributed by atoms with E-state index in [0.29, 0.717) is 24.3 Å². The van der Waals surface area contributed by atoms with E-state index in [-0.39, 0.29) is 11.8 Å². The third-order valence-corrected chi connectivity index (χ3v) is 3.77. The van der Waals surface area contributed by atoms with Gasteiger partial charge in [0.15, 0.2) is 0 Å². The molecule has 1 amide bonds. The van der Waals surface area contributed by atoms with E-state index >= 15 is 0 Å². The summed E-state index contributed by atoms with van der Waals surface area (Å²) in [5.41, 5.74) is 7.14. The number of hydrogen-bond donors (Lipinski definition) is 2. The van der Waals surface area contributed by atoms with Gasteiger partial charge < -0.3 is 15.7 Å². The number of likely N-dealkylation sites (tertiary alicyclic amines) is 1. The monoisotopic (exact) mass is 248 g/mol. The Labute approximate surface area is 107 Å². The number of benzene rings is 1. The third kappa shape index (κ3) is 2.08. The quantitative estimate of drug-likeness (QED) is 0.778. The van der Waals surface area contributed by atoms with Crippen LogP contribution < -0.4 is 5.73 Å². The number of carbonyl (C=O) groups excluding carboxylic acids is 1. The van der Waals surface area contributed by atoms with Crippen LogP contribution in [0.3, 0.4) is 0 Å². The van der Waals surface area contributed by atoms with Crippen LogP contribution in [0.2, 0.25) is 0 Å². The van der Waals surface area contributed by atoms with Crippen LogP contribution in [0.25, 0.3) is 0 Å². The van der Waals surface area contributed by atoms with E-state index in [2.05, 4.69) is 0 Å². The number of aryl methyl sites for hydroxylation is 1. The summed E-state index contributed by atoms with van der Waals surface area (Å²) >= 11 is 0. The smallest absolute Gasteiger partial charge is 0.254 e. The van der Waals surface area contributed by atoms with Crippen LogP contribution in [0.4, 0.5) is 5.69 Å². The molecule has 1 aliphatic heterocycles. The SMILES string of the molecule is Cc1cc(N)ccc1C(=O)N1CC(O)(C(C)C)C1. The van der Waals surface area contributed by atoms with Gasteiger partial charge in [0.25, 0.3) is 5.91 Å². The van der Waals surface area contributed by atoms with E-state index in [1.165, 1.54) is 0 Å². The zero-order valence-corrected chi connectivity index (χ0v) is 11.1. The molecule has 1 aromatic rings. The number of β-amino-alcohol motifs (C(OH)–C–C–N with tert-alkyl or cyclic N) is 1. The van der Waals surface area contributed by atoms with Crippen molar-refractivity contribution in [3.63, 3.8) is 0 Å². The number of amides is 1. The average molecular weight is 248 g/mol. The zero-order valence-electron chi connectivity index (χ0n) is 11.1. The molecule has 0 aliphatic carbocycles. The van der Waals surface area contributed by atoms with Gasteiger partial charge in [0.05, 0.1) is 13.1 Å². The van der Waals surface area contributed by atoms with Crippen molar-refractivity contribution in [1.82, 2.24) is 4.90 Å². The molecule has 0 spiro atoms. The third-order valence-electron chi connectivity index (χ3n) is 3.77. The van der Waals surface area contributed by atoms with Crippen LogP contribution in [0.15, 0.2) is 18.2 Å². The summed E-state index contributed by atoms with van der Waals surface area (Å²) in [6.07, 6.45) is 0. The van der Waals surface area contributed by atoms with Gasteiger partial charge in [-0.15, -0.1) is 0 Å². The summed E-state index contributed by atoms with van der Waals surface area (Å²) < 4.78 is 0. The number of hydrogen-bond acceptors (Lipinski definition) is 3. The van der Waals surface area contributed by atoms with Crippen molar-refractivity contribution in [3.05, 3.63) is 29.3 Å². The molecule has 0 unspecified atom stereocenters. The van der Waals surface area contributed by atoms with E-state index in [1.54, 1.807) is 23.1 Å². The summed E-state index contributed by atoms with van der Waals surface area (Å²) in [6, 6.07) is 5.27. The number of rotatable bonds is 2. The average Bonchev–Trinajstić information content (AvgIpc) is 2.23. The number of carbonyl (C=O) groups is 1. The predicted octanol–water partition coefficient (Wildman–Crippen LogP) is 1.42. The predicted molar refractivity (Wildman–Crippen MR) is 71.3 cm³/mol. The molecule has 2 rings (SSSR count). The van der Waals surface area contributed by atoms with Crippen molar-refractivity contribution >= 4 is 11.6 Å². The van der Waals surface area contributed by atoms with Gasteiger partial charge in [0.2, 0.25) is 0 Å². The molecular weight excluding hydrogens is 228 g/mol. The lowest BCUT2D eigenvalue weighted by Gasteiger charge is -2.49. The normalized spacial score (nSPS) is 17.7. The fourth-order valence-corrected chi connectivity index (χ4v) is 2.22. The van der Waals surface area contributed by atoms with Gasteiger partial charge >= 0.3 is 0 Å². The highest BCUT2D eigenvalue weighted by atomic mass is 16.3. The molecule has 1 fully saturated rings. The first kappa shape index (κ1) is 12.9. The molecule has 0 aromatic heterocycles. The molecule has 0 radical (unpaired) electrons. The molecule has 4 nitrogen and oxygen atoms in total. The first-order chi connectivity index (χ1) is 8.33. The highest BCUT2D eigenvalue weighted by molar-refractivity contribution is 5.96. The Balaban J connectivity index is 2.11. The second-order valence-electron chi connectivity index (χ2n) is 5.49. The van der Waals surface area contributed by atoms with Crippen LogP contribution in [0, 0.1) is 12.8 Å². The number of anilines is 1. The Hall–Kier alpha value is -1.55. The van der Waals surface area contributed by atoms with E-state index in [4.69, 9.17) is 5.73 Å². The number of aliphatic hydroxyl groups is 1. The summed E-state index contributed by atoms with van der Waals surface area (Å²) in [6.45, 7) is 6.63. The first-order valence-electron chi connectivity index (χ1n) is 6.21. The Morgan fingerprint density at radius 2 is 2.06 bits per heavy atom.